The molecule has 0 aromatic carbocycles. The van der Waals surface area contributed by atoms with Gasteiger partial charge in [-0.3, -0.25) is 9.58 Å². The summed E-state index contributed by atoms with van der Waals surface area (Å²) in [6.45, 7) is 4.92. The highest BCUT2D eigenvalue weighted by molar-refractivity contribution is 4.99. The summed E-state index contributed by atoms with van der Waals surface area (Å²) in [5.74, 6) is 0. The van der Waals surface area contributed by atoms with E-state index in [9.17, 15) is 5.11 Å². The van der Waals surface area contributed by atoms with Crippen LogP contribution in [0.2, 0.25) is 0 Å². The summed E-state index contributed by atoms with van der Waals surface area (Å²) in [6, 6.07) is 0.233. The molecule has 1 N–H and O–H groups in total. The molecule has 0 radical (unpaired) electrons. The van der Waals surface area contributed by atoms with Crippen molar-refractivity contribution in [1.29, 1.82) is 0 Å². The fraction of sp³-hybridized carbons (Fsp3) is 0.750. The molecule has 2 rings (SSSR count). The van der Waals surface area contributed by atoms with Crippen LogP contribution in [0.1, 0.15) is 12.0 Å². The van der Waals surface area contributed by atoms with Crippen molar-refractivity contribution in [1.82, 2.24) is 14.7 Å². The molecule has 96 valence electrons. The van der Waals surface area contributed by atoms with Crippen LogP contribution < -0.4 is 0 Å². The standard InChI is InChI=1S/C12H21N3O2/c1-10-6-13-15(7-10)4-3-14-8-12(17-2)5-11(14)9-16/h6-7,11-12,16H,3-5,8-9H2,1-2H3/t11-,12+/m0/s1. The lowest BCUT2D eigenvalue weighted by molar-refractivity contribution is 0.107. The van der Waals surface area contributed by atoms with E-state index in [4.69, 9.17) is 4.74 Å². The van der Waals surface area contributed by atoms with E-state index >= 15 is 0 Å². The minimum absolute atomic E-state index is 0.206. The summed E-state index contributed by atoms with van der Waals surface area (Å²) in [4.78, 5) is 2.28. The second-order valence-electron chi connectivity index (χ2n) is 4.71. The smallest absolute Gasteiger partial charge is 0.0714 e. The Morgan fingerprint density at radius 1 is 1.53 bits per heavy atom. The zero-order valence-electron chi connectivity index (χ0n) is 10.5. The van der Waals surface area contributed by atoms with Crippen LogP contribution in [0.25, 0.3) is 0 Å². The van der Waals surface area contributed by atoms with Gasteiger partial charge >= 0.3 is 0 Å². The lowest BCUT2D eigenvalue weighted by Gasteiger charge is -2.21. The largest absolute Gasteiger partial charge is 0.395 e. The Morgan fingerprint density at radius 2 is 2.35 bits per heavy atom. The third kappa shape index (κ3) is 3.06. The SMILES string of the molecule is CO[C@@H]1C[C@@H](CO)N(CCn2cc(C)cn2)C1. The monoisotopic (exact) mass is 239 g/mol. The first-order valence-corrected chi connectivity index (χ1v) is 6.09. The zero-order valence-corrected chi connectivity index (χ0v) is 10.5. The number of hydrogen-bond acceptors (Lipinski definition) is 4. The highest BCUT2D eigenvalue weighted by Gasteiger charge is 2.31. The molecule has 0 unspecified atom stereocenters. The fourth-order valence-electron chi connectivity index (χ4n) is 2.39. The molecular formula is C12H21N3O2. The van der Waals surface area contributed by atoms with Crippen LogP contribution in [0, 0.1) is 6.92 Å². The van der Waals surface area contributed by atoms with E-state index in [0.717, 1.165) is 26.1 Å². The van der Waals surface area contributed by atoms with E-state index in [1.807, 2.05) is 24.0 Å². The number of aliphatic hydroxyl groups excluding tert-OH is 1. The molecule has 0 bridgehead atoms. The number of likely N-dealkylation sites (tertiary alicyclic amines) is 1. The predicted molar refractivity (Wildman–Crippen MR) is 64.8 cm³/mol. The maximum absolute atomic E-state index is 9.33. The molecule has 0 aliphatic carbocycles. The van der Waals surface area contributed by atoms with Crippen molar-refractivity contribution in [3.8, 4) is 0 Å². The van der Waals surface area contributed by atoms with Gasteiger partial charge in [-0.2, -0.15) is 5.10 Å². The second-order valence-corrected chi connectivity index (χ2v) is 4.71. The van der Waals surface area contributed by atoms with Gasteiger partial charge in [-0.05, 0) is 18.9 Å². The predicted octanol–water partition coefficient (Wildman–Crippen LogP) is 0.273. The number of ether oxygens (including phenoxy) is 1. The van der Waals surface area contributed by atoms with E-state index in [2.05, 4.69) is 10.00 Å². The van der Waals surface area contributed by atoms with Crippen LogP contribution in [-0.4, -0.2) is 58.7 Å². The van der Waals surface area contributed by atoms with Crippen LogP contribution in [0.4, 0.5) is 0 Å². The number of aryl methyl sites for hydroxylation is 1. The van der Waals surface area contributed by atoms with Crippen molar-refractivity contribution < 1.29 is 9.84 Å². The van der Waals surface area contributed by atoms with Crippen molar-refractivity contribution in [3.05, 3.63) is 18.0 Å². The minimum atomic E-state index is 0.206. The van der Waals surface area contributed by atoms with Crippen molar-refractivity contribution in [3.63, 3.8) is 0 Å². The molecule has 17 heavy (non-hydrogen) atoms. The molecule has 1 fully saturated rings. The van der Waals surface area contributed by atoms with Gasteiger partial charge < -0.3 is 9.84 Å². The Bertz CT molecular complexity index is 353. The first-order valence-electron chi connectivity index (χ1n) is 6.09. The van der Waals surface area contributed by atoms with E-state index in [1.54, 1.807) is 7.11 Å². The Morgan fingerprint density at radius 3 is 2.94 bits per heavy atom. The molecule has 5 nitrogen and oxygen atoms in total. The van der Waals surface area contributed by atoms with Crippen molar-refractivity contribution in [2.24, 2.45) is 0 Å². The quantitative estimate of drug-likeness (QED) is 0.801. The van der Waals surface area contributed by atoms with E-state index in [0.29, 0.717) is 0 Å². The zero-order chi connectivity index (χ0) is 12.3. The molecule has 1 aliphatic rings. The molecular weight excluding hydrogens is 218 g/mol. The Hall–Kier alpha value is -0.910. The van der Waals surface area contributed by atoms with Gasteiger partial charge in [0.05, 0.1) is 25.5 Å². The third-order valence-corrected chi connectivity index (χ3v) is 3.41. The average molecular weight is 239 g/mol. The molecule has 0 spiro atoms. The molecule has 1 aromatic heterocycles. The van der Waals surface area contributed by atoms with E-state index in [-0.39, 0.29) is 18.8 Å². The van der Waals surface area contributed by atoms with E-state index in [1.165, 1.54) is 5.56 Å². The number of aliphatic hydroxyl groups is 1. The van der Waals surface area contributed by atoms with Crippen LogP contribution in [0.5, 0.6) is 0 Å². The molecule has 0 amide bonds. The molecule has 5 heteroatoms. The van der Waals surface area contributed by atoms with Gasteiger partial charge in [-0.15, -0.1) is 0 Å². The lowest BCUT2D eigenvalue weighted by Crippen LogP contribution is -2.35. The Balaban J connectivity index is 1.85. The summed E-state index contributed by atoms with van der Waals surface area (Å²) < 4.78 is 7.30. The molecule has 1 saturated heterocycles. The maximum Gasteiger partial charge on any atom is 0.0714 e. The molecule has 2 atom stereocenters. The normalized spacial score (nSPS) is 25.6. The lowest BCUT2D eigenvalue weighted by atomic mass is 10.2. The summed E-state index contributed by atoms with van der Waals surface area (Å²) in [7, 11) is 1.74. The van der Waals surface area contributed by atoms with Gasteiger partial charge in [0.15, 0.2) is 0 Å². The van der Waals surface area contributed by atoms with E-state index < -0.39 is 0 Å². The summed E-state index contributed by atoms with van der Waals surface area (Å²) in [5, 5.41) is 13.6. The number of methoxy groups -OCH3 is 1. The number of hydrogen-bond donors (Lipinski definition) is 1. The van der Waals surface area contributed by atoms with Gasteiger partial charge in [-0.25, -0.2) is 0 Å². The highest BCUT2D eigenvalue weighted by atomic mass is 16.5. The van der Waals surface area contributed by atoms with Gasteiger partial charge in [0, 0.05) is 32.4 Å². The van der Waals surface area contributed by atoms with Gasteiger partial charge in [-0.1, -0.05) is 0 Å². The Kier molecular flexibility index (Phi) is 4.15. The fourth-order valence-corrected chi connectivity index (χ4v) is 2.39. The van der Waals surface area contributed by atoms with Crippen LogP contribution in [-0.2, 0) is 11.3 Å². The molecule has 1 aromatic rings. The summed E-state index contributed by atoms with van der Waals surface area (Å²) >= 11 is 0. The maximum atomic E-state index is 9.33. The third-order valence-electron chi connectivity index (χ3n) is 3.41. The molecule has 0 saturated carbocycles. The van der Waals surface area contributed by atoms with Crippen molar-refractivity contribution in [2.75, 3.05) is 26.8 Å². The average Bonchev–Trinajstić information content (AvgIpc) is 2.92. The van der Waals surface area contributed by atoms with Gasteiger partial charge in [0.2, 0.25) is 0 Å². The Labute approximate surface area is 102 Å². The van der Waals surface area contributed by atoms with Crippen LogP contribution in [0.15, 0.2) is 12.4 Å². The van der Waals surface area contributed by atoms with Crippen molar-refractivity contribution in [2.45, 2.75) is 32.0 Å². The van der Waals surface area contributed by atoms with Gasteiger partial charge in [0.1, 0.15) is 0 Å². The first-order chi connectivity index (χ1) is 8.22. The topological polar surface area (TPSA) is 50.5 Å². The van der Waals surface area contributed by atoms with Gasteiger partial charge in [0.25, 0.3) is 0 Å². The van der Waals surface area contributed by atoms with Crippen LogP contribution in [0.3, 0.4) is 0 Å². The highest BCUT2D eigenvalue weighted by Crippen LogP contribution is 2.19. The van der Waals surface area contributed by atoms with Crippen molar-refractivity contribution >= 4 is 0 Å². The summed E-state index contributed by atoms with van der Waals surface area (Å²) in [5.41, 5.74) is 1.18. The number of nitrogens with zero attached hydrogens (tertiary/aromatic N) is 3. The first kappa shape index (κ1) is 12.5. The number of rotatable bonds is 5. The number of aromatic nitrogens is 2. The van der Waals surface area contributed by atoms with Crippen LogP contribution >= 0.6 is 0 Å². The minimum Gasteiger partial charge on any atom is -0.395 e. The summed E-state index contributed by atoms with van der Waals surface area (Å²) in [6.07, 6.45) is 5.08. The molecule has 2 heterocycles. The second kappa shape index (κ2) is 5.62. The molecule has 1 aliphatic heterocycles.